The number of hydrogen-bond donors (Lipinski definition) is 1. The molecule has 0 unspecified atom stereocenters. The van der Waals surface area contributed by atoms with E-state index in [4.69, 9.17) is 0 Å². The van der Waals surface area contributed by atoms with Gasteiger partial charge in [0.15, 0.2) is 0 Å². The van der Waals surface area contributed by atoms with Gasteiger partial charge in [-0.1, -0.05) is 42.5 Å². The van der Waals surface area contributed by atoms with E-state index in [0.717, 1.165) is 17.7 Å². The predicted octanol–water partition coefficient (Wildman–Crippen LogP) is 3.14. The Labute approximate surface area is 176 Å². The van der Waals surface area contributed by atoms with Crippen LogP contribution >= 0.6 is 0 Å². The topological polar surface area (TPSA) is 67.2 Å². The largest absolute Gasteiger partial charge is 0.349 e. The molecule has 30 heavy (non-hydrogen) atoms. The van der Waals surface area contributed by atoms with Crippen molar-refractivity contribution in [2.24, 2.45) is 5.92 Å². The third-order valence-corrected chi connectivity index (χ3v) is 5.65. The van der Waals surface area contributed by atoms with Crippen molar-refractivity contribution >= 4 is 11.8 Å². The van der Waals surface area contributed by atoms with Crippen LogP contribution in [0.2, 0.25) is 0 Å². The molecule has 3 aromatic rings. The minimum Gasteiger partial charge on any atom is -0.349 e. The standard InChI is InChI=1S/C24H26N4O2/c1-18(20-7-9-22(10-8-20)28-14-12-25-17-28)26-24(30)21-15-23(29)27(16-21)13-11-19-5-3-2-4-6-19/h2-10,12,14,17-18,21H,11,13,15-16H2,1H3,(H,26,30)/t18-,21-/m0/s1. The van der Waals surface area contributed by atoms with E-state index in [2.05, 4.69) is 22.4 Å². The van der Waals surface area contributed by atoms with Crippen LogP contribution < -0.4 is 5.32 Å². The Morgan fingerprint density at radius 1 is 1.17 bits per heavy atom. The fourth-order valence-electron chi connectivity index (χ4n) is 3.83. The zero-order valence-electron chi connectivity index (χ0n) is 17.1. The molecule has 2 heterocycles. The van der Waals surface area contributed by atoms with Crippen LogP contribution in [0, 0.1) is 5.92 Å². The van der Waals surface area contributed by atoms with E-state index in [1.165, 1.54) is 5.56 Å². The van der Waals surface area contributed by atoms with E-state index in [1.54, 1.807) is 12.5 Å². The summed E-state index contributed by atoms with van der Waals surface area (Å²) in [5.41, 5.74) is 3.24. The summed E-state index contributed by atoms with van der Waals surface area (Å²) in [6, 6.07) is 18.0. The van der Waals surface area contributed by atoms with Gasteiger partial charge in [0.1, 0.15) is 0 Å². The number of nitrogens with zero attached hydrogens (tertiary/aromatic N) is 3. The predicted molar refractivity (Wildman–Crippen MR) is 115 cm³/mol. The summed E-state index contributed by atoms with van der Waals surface area (Å²) in [6.45, 7) is 3.11. The lowest BCUT2D eigenvalue weighted by Crippen LogP contribution is -2.35. The van der Waals surface area contributed by atoms with Gasteiger partial charge in [0.05, 0.1) is 18.3 Å². The highest BCUT2D eigenvalue weighted by molar-refractivity contribution is 5.89. The number of nitrogens with one attached hydrogen (secondary N) is 1. The third kappa shape index (κ3) is 4.59. The van der Waals surface area contributed by atoms with Gasteiger partial charge in [0.2, 0.25) is 11.8 Å². The molecule has 2 amide bonds. The number of carbonyl (C=O) groups excluding carboxylic acids is 2. The number of aromatic nitrogens is 2. The molecule has 0 saturated carbocycles. The summed E-state index contributed by atoms with van der Waals surface area (Å²) in [6.07, 6.45) is 6.47. The highest BCUT2D eigenvalue weighted by atomic mass is 16.2. The van der Waals surface area contributed by atoms with E-state index >= 15 is 0 Å². The Hall–Kier alpha value is -3.41. The number of likely N-dealkylation sites (tertiary alicyclic amines) is 1. The number of carbonyl (C=O) groups is 2. The second-order valence-corrected chi connectivity index (χ2v) is 7.77. The van der Waals surface area contributed by atoms with Crippen LogP contribution in [-0.4, -0.2) is 39.4 Å². The molecule has 1 saturated heterocycles. The molecule has 0 bridgehead atoms. The van der Waals surface area contributed by atoms with E-state index in [1.807, 2.05) is 65.1 Å². The van der Waals surface area contributed by atoms with Crippen molar-refractivity contribution in [3.05, 3.63) is 84.4 Å². The van der Waals surface area contributed by atoms with Crippen LogP contribution in [0.1, 0.15) is 30.5 Å². The molecule has 154 valence electrons. The van der Waals surface area contributed by atoms with E-state index in [9.17, 15) is 9.59 Å². The van der Waals surface area contributed by atoms with Crippen molar-refractivity contribution in [2.45, 2.75) is 25.8 Å². The summed E-state index contributed by atoms with van der Waals surface area (Å²) >= 11 is 0. The van der Waals surface area contributed by atoms with Crippen LogP contribution in [0.15, 0.2) is 73.3 Å². The number of rotatable bonds is 7. The zero-order valence-corrected chi connectivity index (χ0v) is 17.1. The molecular formula is C24H26N4O2. The Balaban J connectivity index is 1.30. The molecule has 1 aliphatic rings. The van der Waals surface area contributed by atoms with Crippen molar-refractivity contribution < 1.29 is 9.59 Å². The van der Waals surface area contributed by atoms with Gasteiger partial charge in [-0.25, -0.2) is 4.98 Å². The maximum Gasteiger partial charge on any atom is 0.225 e. The normalized spacial score (nSPS) is 17.2. The van der Waals surface area contributed by atoms with E-state index in [-0.39, 0.29) is 30.2 Å². The second-order valence-electron chi connectivity index (χ2n) is 7.77. The number of benzene rings is 2. The molecule has 0 radical (unpaired) electrons. The van der Waals surface area contributed by atoms with Crippen molar-refractivity contribution in [1.29, 1.82) is 0 Å². The van der Waals surface area contributed by atoms with Crippen LogP contribution in [-0.2, 0) is 16.0 Å². The molecule has 1 aliphatic heterocycles. The fourth-order valence-corrected chi connectivity index (χ4v) is 3.83. The third-order valence-electron chi connectivity index (χ3n) is 5.65. The molecular weight excluding hydrogens is 376 g/mol. The van der Waals surface area contributed by atoms with Crippen LogP contribution in [0.3, 0.4) is 0 Å². The van der Waals surface area contributed by atoms with Crippen molar-refractivity contribution in [3.8, 4) is 5.69 Å². The van der Waals surface area contributed by atoms with Crippen molar-refractivity contribution in [3.63, 3.8) is 0 Å². The van der Waals surface area contributed by atoms with Crippen LogP contribution in [0.25, 0.3) is 5.69 Å². The van der Waals surface area contributed by atoms with Gasteiger partial charge < -0.3 is 14.8 Å². The highest BCUT2D eigenvalue weighted by Gasteiger charge is 2.34. The molecule has 6 heteroatoms. The SMILES string of the molecule is C[C@H](NC(=O)[C@H]1CC(=O)N(CCc2ccccc2)C1)c1ccc(-n2ccnc2)cc1. The molecule has 1 N–H and O–H groups in total. The lowest BCUT2D eigenvalue weighted by molar-refractivity contribution is -0.129. The smallest absolute Gasteiger partial charge is 0.225 e. The van der Waals surface area contributed by atoms with Gasteiger partial charge in [-0.05, 0) is 36.6 Å². The van der Waals surface area contributed by atoms with E-state index < -0.39 is 0 Å². The van der Waals surface area contributed by atoms with Crippen molar-refractivity contribution in [1.82, 2.24) is 19.8 Å². The van der Waals surface area contributed by atoms with Crippen LogP contribution in [0.5, 0.6) is 0 Å². The summed E-state index contributed by atoms with van der Waals surface area (Å²) in [5, 5.41) is 3.07. The molecule has 0 aliphatic carbocycles. The van der Waals surface area contributed by atoms with Crippen molar-refractivity contribution in [2.75, 3.05) is 13.1 Å². The van der Waals surface area contributed by atoms with Gasteiger partial charge in [-0.3, -0.25) is 9.59 Å². The number of hydrogen-bond acceptors (Lipinski definition) is 3. The number of amides is 2. The lowest BCUT2D eigenvalue weighted by Gasteiger charge is -2.19. The molecule has 6 nitrogen and oxygen atoms in total. The van der Waals surface area contributed by atoms with Gasteiger partial charge in [-0.2, -0.15) is 0 Å². The van der Waals surface area contributed by atoms with Gasteiger partial charge in [0.25, 0.3) is 0 Å². The first-order valence-corrected chi connectivity index (χ1v) is 10.3. The Morgan fingerprint density at radius 3 is 2.63 bits per heavy atom. The van der Waals surface area contributed by atoms with Crippen LogP contribution in [0.4, 0.5) is 0 Å². The zero-order chi connectivity index (χ0) is 20.9. The summed E-state index contributed by atoms with van der Waals surface area (Å²) in [7, 11) is 0. The van der Waals surface area contributed by atoms with Gasteiger partial charge in [-0.15, -0.1) is 0 Å². The minimum absolute atomic E-state index is 0.0586. The molecule has 2 atom stereocenters. The molecule has 2 aromatic carbocycles. The maximum absolute atomic E-state index is 12.7. The Bertz CT molecular complexity index is 984. The molecule has 1 aromatic heterocycles. The first-order chi connectivity index (χ1) is 14.6. The first kappa shape index (κ1) is 19.9. The average Bonchev–Trinajstić information content (AvgIpc) is 3.43. The summed E-state index contributed by atoms with van der Waals surface area (Å²) < 4.78 is 1.93. The van der Waals surface area contributed by atoms with Gasteiger partial charge >= 0.3 is 0 Å². The Morgan fingerprint density at radius 2 is 1.93 bits per heavy atom. The molecule has 0 spiro atoms. The lowest BCUT2D eigenvalue weighted by atomic mass is 10.0. The molecule has 4 rings (SSSR count). The fraction of sp³-hybridized carbons (Fsp3) is 0.292. The molecule has 1 fully saturated rings. The quantitative estimate of drug-likeness (QED) is 0.660. The maximum atomic E-state index is 12.7. The summed E-state index contributed by atoms with van der Waals surface area (Å²) in [5.74, 6) is -0.291. The monoisotopic (exact) mass is 402 g/mol. The second kappa shape index (κ2) is 8.95. The average molecular weight is 402 g/mol. The number of imidazole rings is 1. The van der Waals surface area contributed by atoms with Gasteiger partial charge in [0, 0.05) is 37.6 Å². The highest BCUT2D eigenvalue weighted by Crippen LogP contribution is 2.21. The van der Waals surface area contributed by atoms with E-state index in [0.29, 0.717) is 13.1 Å². The summed E-state index contributed by atoms with van der Waals surface area (Å²) in [4.78, 5) is 31.0. The minimum atomic E-state index is -0.291. The Kier molecular flexibility index (Phi) is 5.93. The first-order valence-electron chi connectivity index (χ1n) is 10.3.